The molecule has 0 aliphatic heterocycles. The van der Waals surface area contributed by atoms with E-state index in [-0.39, 0.29) is 11.6 Å². The maximum Gasteiger partial charge on any atom is 0.163 e. The number of hydrogen-bond donors (Lipinski definition) is 2. The smallest absolute Gasteiger partial charge is 0.163 e. The molecule has 2 heterocycles. The van der Waals surface area contributed by atoms with Gasteiger partial charge in [-0.15, -0.1) is 0 Å². The van der Waals surface area contributed by atoms with Gasteiger partial charge in [0.1, 0.15) is 29.4 Å². The van der Waals surface area contributed by atoms with E-state index in [0.29, 0.717) is 22.3 Å². The van der Waals surface area contributed by atoms with Crippen LogP contribution in [-0.4, -0.2) is 24.9 Å². The second kappa shape index (κ2) is 3.91. The first kappa shape index (κ1) is 11.4. The summed E-state index contributed by atoms with van der Waals surface area (Å²) in [5.41, 5.74) is 7.23. The van der Waals surface area contributed by atoms with Gasteiger partial charge >= 0.3 is 0 Å². The highest BCUT2D eigenvalue weighted by atomic mass is 19.1. The van der Waals surface area contributed by atoms with E-state index in [9.17, 15) is 9.50 Å². The van der Waals surface area contributed by atoms with Crippen LogP contribution < -0.4 is 5.73 Å². The minimum absolute atomic E-state index is 0.177. The molecule has 0 unspecified atom stereocenters. The summed E-state index contributed by atoms with van der Waals surface area (Å²) in [7, 11) is 1.71. The number of phenolic OH excluding ortho intramolecular Hbond substituents is 1. The number of nitrogens with zero attached hydrogens (tertiary/aromatic N) is 4. The summed E-state index contributed by atoms with van der Waals surface area (Å²) in [4.78, 5) is 7.99. The second-order valence-electron chi connectivity index (χ2n) is 4.13. The van der Waals surface area contributed by atoms with Crippen molar-refractivity contribution in [3.8, 4) is 17.0 Å². The summed E-state index contributed by atoms with van der Waals surface area (Å²) in [5.74, 6) is -0.467. The molecule has 0 fully saturated rings. The first-order valence-corrected chi connectivity index (χ1v) is 5.49. The molecule has 6 nitrogen and oxygen atoms in total. The fourth-order valence-corrected chi connectivity index (χ4v) is 2.02. The fourth-order valence-electron chi connectivity index (χ4n) is 2.02. The van der Waals surface area contributed by atoms with Crippen molar-refractivity contribution in [2.45, 2.75) is 0 Å². The molecule has 3 N–H and O–H groups in total. The van der Waals surface area contributed by atoms with Crippen LogP contribution in [0.2, 0.25) is 0 Å². The SMILES string of the molecule is Cn1nc(-c2cc(O)cc(F)c2)c2c(N)ncnc21. The largest absolute Gasteiger partial charge is 0.508 e. The lowest BCUT2D eigenvalue weighted by Crippen LogP contribution is -1.95. The van der Waals surface area contributed by atoms with Crippen LogP contribution in [0, 0.1) is 5.82 Å². The molecule has 19 heavy (non-hydrogen) atoms. The zero-order chi connectivity index (χ0) is 13.6. The average molecular weight is 259 g/mol. The minimum Gasteiger partial charge on any atom is -0.508 e. The fraction of sp³-hybridized carbons (Fsp3) is 0.0833. The van der Waals surface area contributed by atoms with Gasteiger partial charge in [-0.05, 0) is 12.1 Å². The van der Waals surface area contributed by atoms with Crippen molar-refractivity contribution in [2.75, 3.05) is 5.73 Å². The number of phenols is 1. The number of aromatic hydroxyl groups is 1. The van der Waals surface area contributed by atoms with Crippen LogP contribution in [0.15, 0.2) is 24.5 Å². The molecular formula is C12H10FN5O. The van der Waals surface area contributed by atoms with Gasteiger partial charge in [-0.25, -0.2) is 19.0 Å². The predicted molar refractivity (Wildman–Crippen MR) is 67.8 cm³/mol. The van der Waals surface area contributed by atoms with E-state index < -0.39 is 5.82 Å². The second-order valence-corrected chi connectivity index (χ2v) is 4.13. The van der Waals surface area contributed by atoms with Crippen LogP contribution in [0.25, 0.3) is 22.3 Å². The zero-order valence-corrected chi connectivity index (χ0v) is 10.0. The van der Waals surface area contributed by atoms with E-state index in [1.165, 1.54) is 23.1 Å². The van der Waals surface area contributed by atoms with E-state index in [4.69, 9.17) is 5.73 Å². The molecule has 2 aromatic heterocycles. The Balaban J connectivity index is 2.36. The molecule has 7 heteroatoms. The van der Waals surface area contributed by atoms with Crippen LogP contribution in [0.4, 0.5) is 10.2 Å². The van der Waals surface area contributed by atoms with Crippen molar-refractivity contribution in [3.05, 3.63) is 30.3 Å². The number of halogens is 1. The molecule has 96 valence electrons. The Morgan fingerprint density at radius 2 is 2.05 bits per heavy atom. The normalized spacial score (nSPS) is 11.1. The van der Waals surface area contributed by atoms with Crippen molar-refractivity contribution in [3.63, 3.8) is 0 Å². The highest BCUT2D eigenvalue weighted by Crippen LogP contribution is 2.31. The number of rotatable bonds is 1. The van der Waals surface area contributed by atoms with E-state index >= 15 is 0 Å². The molecule has 1 aromatic carbocycles. The van der Waals surface area contributed by atoms with Crippen LogP contribution in [0.1, 0.15) is 0 Å². The number of nitrogens with two attached hydrogens (primary N) is 1. The Morgan fingerprint density at radius 3 is 2.79 bits per heavy atom. The van der Waals surface area contributed by atoms with Gasteiger partial charge in [0.25, 0.3) is 0 Å². The first-order valence-electron chi connectivity index (χ1n) is 5.49. The summed E-state index contributed by atoms with van der Waals surface area (Å²) in [6, 6.07) is 3.71. The van der Waals surface area contributed by atoms with Crippen molar-refractivity contribution >= 4 is 16.9 Å². The molecule has 0 amide bonds. The molecule has 0 atom stereocenters. The van der Waals surface area contributed by atoms with Gasteiger partial charge in [-0.1, -0.05) is 0 Å². The van der Waals surface area contributed by atoms with E-state index in [2.05, 4.69) is 15.1 Å². The predicted octanol–water partition coefficient (Wildman–Crippen LogP) is 1.46. The van der Waals surface area contributed by atoms with Gasteiger partial charge in [-0.3, -0.25) is 0 Å². The van der Waals surface area contributed by atoms with Crippen molar-refractivity contribution in [1.82, 2.24) is 19.7 Å². The van der Waals surface area contributed by atoms with Crippen molar-refractivity contribution < 1.29 is 9.50 Å². The summed E-state index contributed by atoms with van der Waals surface area (Å²) in [6.07, 6.45) is 1.34. The third-order valence-electron chi connectivity index (χ3n) is 2.81. The van der Waals surface area contributed by atoms with Crippen LogP contribution in [0.3, 0.4) is 0 Å². The number of aromatic nitrogens is 4. The number of hydrogen-bond acceptors (Lipinski definition) is 5. The summed E-state index contributed by atoms with van der Waals surface area (Å²) in [6.45, 7) is 0. The van der Waals surface area contributed by atoms with Gasteiger partial charge < -0.3 is 10.8 Å². The topological polar surface area (TPSA) is 89.8 Å². The minimum atomic E-state index is -0.552. The van der Waals surface area contributed by atoms with Crippen LogP contribution >= 0.6 is 0 Å². The monoisotopic (exact) mass is 259 g/mol. The van der Waals surface area contributed by atoms with Gasteiger partial charge in [-0.2, -0.15) is 5.10 Å². The number of aryl methyl sites for hydroxylation is 1. The van der Waals surface area contributed by atoms with Gasteiger partial charge in [0.15, 0.2) is 5.65 Å². The number of fused-ring (bicyclic) bond motifs is 1. The highest BCUT2D eigenvalue weighted by molar-refractivity contribution is 5.98. The number of anilines is 1. The van der Waals surface area contributed by atoms with E-state index in [0.717, 1.165) is 6.07 Å². The standard InChI is InChI=1S/C12H10FN5O/c1-18-12-9(11(14)15-5-16-12)10(17-18)6-2-7(13)4-8(19)3-6/h2-5,19H,1H3,(H2,14,15,16). The lowest BCUT2D eigenvalue weighted by molar-refractivity contribution is 0.469. The Hall–Kier alpha value is -2.70. The lowest BCUT2D eigenvalue weighted by atomic mass is 10.1. The zero-order valence-electron chi connectivity index (χ0n) is 10.0. The molecule has 0 spiro atoms. The summed E-state index contributed by atoms with van der Waals surface area (Å²) in [5, 5.41) is 14.3. The maximum atomic E-state index is 13.4. The van der Waals surface area contributed by atoms with Gasteiger partial charge in [0.05, 0.1) is 5.39 Å². The molecule has 3 rings (SSSR count). The van der Waals surface area contributed by atoms with E-state index in [1.807, 2.05) is 0 Å². The summed E-state index contributed by atoms with van der Waals surface area (Å²) < 4.78 is 14.9. The van der Waals surface area contributed by atoms with Crippen molar-refractivity contribution in [1.29, 1.82) is 0 Å². The highest BCUT2D eigenvalue weighted by Gasteiger charge is 2.16. The van der Waals surface area contributed by atoms with E-state index in [1.54, 1.807) is 7.05 Å². The molecule has 3 aromatic rings. The lowest BCUT2D eigenvalue weighted by Gasteiger charge is -2.01. The molecule has 0 aliphatic rings. The molecule has 0 aliphatic carbocycles. The van der Waals surface area contributed by atoms with Crippen LogP contribution in [0.5, 0.6) is 5.75 Å². The Labute approximate surface area is 107 Å². The number of nitrogen functional groups attached to an aromatic ring is 1. The van der Waals surface area contributed by atoms with Crippen LogP contribution in [-0.2, 0) is 7.05 Å². The summed E-state index contributed by atoms with van der Waals surface area (Å²) >= 11 is 0. The third-order valence-corrected chi connectivity index (χ3v) is 2.81. The Kier molecular flexibility index (Phi) is 2.34. The quantitative estimate of drug-likeness (QED) is 0.690. The first-order chi connectivity index (χ1) is 9.06. The molecule has 0 saturated carbocycles. The van der Waals surface area contributed by atoms with Gasteiger partial charge in [0, 0.05) is 18.7 Å². The van der Waals surface area contributed by atoms with Gasteiger partial charge in [0.2, 0.25) is 0 Å². The maximum absolute atomic E-state index is 13.4. The third kappa shape index (κ3) is 1.75. The Bertz CT molecular complexity index is 763. The average Bonchev–Trinajstić information content (AvgIpc) is 2.67. The molecule has 0 saturated heterocycles. The Morgan fingerprint density at radius 1 is 1.26 bits per heavy atom. The molecule has 0 radical (unpaired) electrons. The van der Waals surface area contributed by atoms with Crippen molar-refractivity contribution in [2.24, 2.45) is 7.05 Å². The molecular weight excluding hydrogens is 249 g/mol. The number of benzene rings is 1. The molecule has 0 bridgehead atoms.